The summed E-state index contributed by atoms with van der Waals surface area (Å²) in [6, 6.07) is 12.8. The second-order valence-electron chi connectivity index (χ2n) is 6.00. The molecule has 1 fully saturated rings. The third-order valence-electron chi connectivity index (χ3n) is 4.17. The summed E-state index contributed by atoms with van der Waals surface area (Å²) in [7, 11) is -3.50. The molecule has 1 aromatic heterocycles. The molecular formula is C17H20ClN3O3S2. The average molecular weight is 414 g/mol. The monoisotopic (exact) mass is 413 g/mol. The molecule has 1 aliphatic heterocycles. The molecule has 2 aromatic rings. The minimum atomic E-state index is -3.50. The van der Waals surface area contributed by atoms with Crippen molar-refractivity contribution in [2.24, 2.45) is 0 Å². The van der Waals surface area contributed by atoms with Crippen LogP contribution >= 0.6 is 22.9 Å². The second kappa shape index (κ2) is 8.49. The summed E-state index contributed by atoms with van der Waals surface area (Å²) in [5.74, 6) is -0.0600. The van der Waals surface area contributed by atoms with Crippen LogP contribution in [-0.2, 0) is 21.4 Å². The Hall–Kier alpha value is -1.45. The molecule has 0 radical (unpaired) electrons. The summed E-state index contributed by atoms with van der Waals surface area (Å²) in [5, 5.41) is 2.89. The van der Waals surface area contributed by atoms with Crippen molar-refractivity contribution in [3.63, 3.8) is 0 Å². The quantitative estimate of drug-likeness (QED) is 0.786. The molecule has 0 saturated carbocycles. The predicted octanol–water partition coefficient (Wildman–Crippen LogP) is 2.02. The van der Waals surface area contributed by atoms with Gasteiger partial charge in [0.1, 0.15) is 4.21 Å². The molecule has 0 spiro atoms. The van der Waals surface area contributed by atoms with Crippen molar-refractivity contribution in [3.8, 4) is 0 Å². The summed E-state index contributed by atoms with van der Waals surface area (Å²) >= 11 is 6.91. The highest BCUT2D eigenvalue weighted by Gasteiger charge is 2.30. The highest BCUT2D eigenvalue weighted by Crippen LogP contribution is 2.28. The number of rotatable bonds is 6. The number of piperazine rings is 1. The van der Waals surface area contributed by atoms with E-state index in [9.17, 15) is 13.2 Å². The fourth-order valence-corrected chi connectivity index (χ4v) is 5.81. The SMILES string of the molecule is O=C(CN1CCN(S(=O)(=O)c2ccc(Cl)s2)CC1)NCc1ccccc1. The highest BCUT2D eigenvalue weighted by atomic mass is 35.5. The largest absolute Gasteiger partial charge is 0.351 e. The first-order valence-corrected chi connectivity index (χ1v) is 10.9. The van der Waals surface area contributed by atoms with Crippen LogP contribution in [0.4, 0.5) is 0 Å². The van der Waals surface area contributed by atoms with Crippen molar-refractivity contribution < 1.29 is 13.2 Å². The average Bonchev–Trinajstić information content (AvgIpc) is 3.09. The van der Waals surface area contributed by atoms with Gasteiger partial charge in [-0.05, 0) is 17.7 Å². The van der Waals surface area contributed by atoms with Crippen molar-refractivity contribution in [3.05, 3.63) is 52.4 Å². The third-order valence-corrected chi connectivity index (χ3v) is 7.77. The lowest BCUT2D eigenvalue weighted by molar-refractivity contribution is -0.122. The van der Waals surface area contributed by atoms with Crippen LogP contribution in [0.25, 0.3) is 0 Å². The Labute approximate surface area is 162 Å². The molecule has 1 aliphatic rings. The van der Waals surface area contributed by atoms with E-state index in [1.165, 1.54) is 10.4 Å². The molecule has 0 bridgehead atoms. The lowest BCUT2D eigenvalue weighted by Gasteiger charge is -2.33. The molecule has 0 atom stereocenters. The molecule has 26 heavy (non-hydrogen) atoms. The van der Waals surface area contributed by atoms with Crippen LogP contribution in [0.2, 0.25) is 4.34 Å². The lowest BCUT2D eigenvalue weighted by Crippen LogP contribution is -2.50. The first-order valence-electron chi connectivity index (χ1n) is 8.23. The van der Waals surface area contributed by atoms with E-state index < -0.39 is 10.0 Å². The zero-order chi connectivity index (χ0) is 18.6. The van der Waals surface area contributed by atoms with Gasteiger partial charge in [-0.15, -0.1) is 11.3 Å². The number of amides is 1. The van der Waals surface area contributed by atoms with Crippen molar-refractivity contribution >= 4 is 38.9 Å². The van der Waals surface area contributed by atoms with Crippen LogP contribution in [-0.4, -0.2) is 56.3 Å². The fraction of sp³-hybridized carbons (Fsp3) is 0.353. The van der Waals surface area contributed by atoms with Crippen molar-refractivity contribution in [1.29, 1.82) is 0 Å². The molecule has 1 N–H and O–H groups in total. The van der Waals surface area contributed by atoms with Gasteiger partial charge in [-0.2, -0.15) is 4.31 Å². The van der Waals surface area contributed by atoms with Crippen LogP contribution in [0.15, 0.2) is 46.7 Å². The molecule has 1 aromatic carbocycles. The van der Waals surface area contributed by atoms with Crippen molar-refractivity contribution in [2.75, 3.05) is 32.7 Å². The summed E-state index contributed by atoms with van der Waals surface area (Å²) < 4.78 is 27.3. The van der Waals surface area contributed by atoms with E-state index in [2.05, 4.69) is 5.32 Å². The number of carbonyl (C=O) groups is 1. The summed E-state index contributed by atoms with van der Waals surface area (Å²) in [4.78, 5) is 14.1. The van der Waals surface area contributed by atoms with Crippen LogP contribution < -0.4 is 5.32 Å². The van der Waals surface area contributed by atoms with Crippen LogP contribution in [0.3, 0.4) is 0 Å². The maximum atomic E-state index is 12.6. The summed E-state index contributed by atoms with van der Waals surface area (Å²) in [6.45, 7) is 2.54. The molecule has 6 nitrogen and oxygen atoms in total. The van der Waals surface area contributed by atoms with Gasteiger partial charge < -0.3 is 5.32 Å². The molecule has 0 aliphatic carbocycles. The van der Waals surface area contributed by atoms with Gasteiger partial charge in [-0.3, -0.25) is 9.69 Å². The van der Waals surface area contributed by atoms with Gasteiger partial charge in [0, 0.05) is 32.7 Å². The number of sulfonamides is 1. The van der Waals surface area contributed by atoms with E-state index in [-0.39, 0.29) is 16.7 Å². The number of carbonyl (C=O) groups excluding carboxylic acids is 1. The predicted molar refractivity (Wildman–Crippen MR) is 103 cm³/mol. The molecule has 1 amide bonds. The smallest absolute Gasteiger partial charge is 0.252 e. The maximum absolute atomic E-state index is 12.6. The van der Waals surface area contributed by atoms with Crippen LogP contribution in [0, 0.1) is 0 Å². The van der Waals surface area contributed by atoms with E-state index >= 15 is 0 Å². The van der Waals surface area contributed by atoms with E-state index in [0.717, 1.165) is 16.9 Å². The Morgan fingerprint density at radius 2 is 1.77 bits per heavy atom. The van der Waals surface area contributed by atoms with Gasteiger partial charge in [0.15, 0.2) is 0 Å². The Morgan fingerprint density at radius 3 is 2.38 bits per heavy atom. The number of benzene rings is 1. The number of nitrogens with zero attached hydrogens (tertiary/aromatic N) is 2. The van der Waals surface area contributed by atoms with E-state index in [4.69, 9.17) is 11.6 Å². The Bertz CT molecular complexity index is 847. The van der Waals surface area contributed by atoms with Gasteiger partial charge >= 0.3 is 0 Å². The highest BCUT2D eigenvalue weighted by molar-refractivity contribution is 7.91. The van der Waals surface area contributed by atoms with Gasteiger partial charge in [-0.25, -0.2) is 8.42 Å². The molecule has 3 rings (SSSR count). The number of nitrogens with one attached hydrogen (secondary N) is 1. The lowest BCUT2D eigenvalue weighted by atomic mass is 10.2. The summed E-state index contributed by atoms with van der Waals surface area (Å²) in [5.41, 5.74) is 1.05. The third kappa shape index (κ3) is 4.83. The zero-order valence-corrected chi connectivity index (χ0v) is 16.5. The van der Waals surface area contributed by atoms with Gasteiger partial charge in [-0.1, -0.05) is 41.9 Å². The Kier molecular flexibility index (Phi) is 6.31. The second-order valence-corrected chi connectivity index (χ2v) is 9.88. The van der Waals surface area contributed by atoms with Gasteiger partial charge in [0.2, 0.25) is 5.91 Å². The van der Waals surface area contributed by atoms with Crippen molar-refractivity contribution in [1.82, 2.24) is 14.5 Å². The van der Waals surface area contributed by atoms with Crippen molar-refractivity contribution in [2.45, 2.75) is 10.8 Å². The number of hydrogen-bond acceptors (Lipinski definition) is 5. The van der Waals surface area contributed by atoms with Crippen LogP contribution in [0.5, 0.6) is 0 Å². The topological polar surface area (TPSA) is 69.7 Å². The first-order chi connectivity index (χ1) is 12.4. The molecule has 0 unspecified atom stereocenters. The number of hydrogen-bond donors (Lipinski definition) is 1. The maximum Gasteiger partial charge on any atom is 0.252 e. The zero-order valence-electron chi connectivity index (χ0n) is 14.1. The molecule has 2 heterocycles. The standard InChI is InChI=1S/C17H20ClN3O3S2/c18-15-6-7-17(25-15)26(23,24)21-10-8-20(9-11-21)13-16(22)19-12-14-4-2-1-3-5-14/h1-7H,8-13H2,(H,19,22). The van der Waals surface area contributed by atoms with E-state index in [0.29, 0.717) is 37.1 Å². The minimum Gasteiger partial charge on any atom is -0.351 e. The Morgan fingerprint density at radius 1 is 1.08 bits per heavy atom. The molecule has 140 valence electrons. The van der Waals surface area contributed by atoms with Gasteiger partial charge in [0.25, 0.3) is 10.0 Å². The normalized spacial score (nSPS) is 16.5. The number of halogens is 1. The van der Waals surface area contributed by atoms with Crippen LogP contribution in [0.1, 0.15) is 5.56 Å². The van der Waals surface area contributed by atoms with E-state index in [1.807, 2.05) is 35.2 Å². The van der Waals surface area contributed by atoms with Gasteiger partial charge in [0.05, 0.1) is 10.9 Å². The molecular weight excluding hydrogens is 394 g/mol. The fourth-order valence-electron chi connectivity index (χ4n) is 2.75. The van der Waals surface area contributed by atoms with E-state index in [1.54, 1.807) is 6.07 Å². The first kappa shape index (κ1) is 19.3. The minimum absolute atomic E-state index is 0.0600. The molecule has 1 saturated heterocycles. The summed E-state index contributed by atoms with van der Waals surface area (Å²) in [6.07, 6.45) is 0. The molecule has 9 heteroatoms. The number of thiophene rings is 1. The Balaban J connectivity index is 1.47.